The third-order valence-corrected chi connectivity index (χ3v) is 7.48. The molecule has 1 aliphatic rings. The summed E-state index contributed by atoms with van der Waals surface area (Å²) in [5.74, 6) is 0.494. The normalized spacial score (nSPS) is 19.3. The summed E-state index contributed by atoms with van der Waals surface area (Å²) in [6, 6.07) is 5.79. The fourth-order valence-electron chi connectivity index (χ4n) is 3.73. The molecule has 27 heavy (non-hydrogen) atoms. The maximum absolute atomic E-state index is 12.0. The molecule has 1 atom stereocenters. The van der Waals surface area contributed by atoms with Crippen LogP contribution < -0.4 is 0 Å². The molecule has 0 saturated carbocycles. The van der Waals surface area contributed by atoms with E-state index in [1.807, 2.05) is 18.2 Å². The molecule has 1 fully saturated rings. The Morgan fingerprint density at radius 2 is 2.11 bits per heavy atom. The largest absolute Gasteiger partial charge is 0.383 e. The second-order valence-electron chi connectivity index (χ2n) is 7.00. The molecule has 1 aromatic heterocycles. The first-order valence-corrected chi connectivity index (χ1v) is 11.8. The summed E-state index contributed by atoms with van der Waals surface area (Å²) in [7, 11) is -1.27. The van der Waals surface area contributed by atoms with Crippen LogP contribution in [0.1, 0.15) is 19.8 Å². The Hall–Kier alpha value is -0.930. The van der Waals surface area contributed by atoms with Crippen molar-refractivity contribution in [3.8, 4) is 0 Å². The van der Waals surface area contributed by atoms with Gasteiger partial charge >= 0.3 is 0 Å². The van der Waals surface area contributed by atoms with Crippen LogP contribution in [0.15, 0.2) is 18.2 Å². The zero-order valence-electron chi connectivity index (χ0n) is 15.7. The summed E-state index contributed by atoms with van der Waals surface area (Å²) < 4.78 is 34.0. The summed E-state index contributed by atoms with van der Waals surface area (Å²) in [6.45, 7) is 4.72. The van der Waals surface area contributed by atoms with Crippen LogP contribution in [0.3, 0.4) is 0 Å². The van der Waals surface area contributed by atoms with Crippen molar-refractivity contribution in [3.63, 3.8) is 0 Å². The second kappa shape index (κ2) is 8.61. The van der Waals surface area contributed by atoms with Crippen molar-refractivity contribution in [2.45, 2.75) is 39.0 Å². The van der Waals surface area contributed by atoms with E-state index in [1.165, 1.54) is 0 Å². The minimum absolute atomic E-state index is 0.0356. The number of benzene rings is 1. The van der Waals surface area contributed by atoms with Crippen molar-refractivity contribution in [2.75, 3.05) is 31.8 Å². The molecule has 1 aliphatic heterocycles. The number of nitrogens with zero attached hydrogens (tertiary/aromatic N) is 3. The van der Waals surface area contributed by atoms with E-state index in [0.29, 0.717) is 36.0 Å². The van der Waals surface area contributed by atoms with Gasteiger partial charge in [-0.1, -0.05) is 18.5 Å². The van der Waals surface area contributed by atoms with E-state index in [-0.39, 0.29) is 17.5 Å². The van der Waals surface area contributed by atoms with Crippen molar-refractivity contribution in [1.82, 2.24) is 14.0 Å². The minimum Gasteiger partial charge on any atom is -0.383 e. The van der Waals surface area contributed by atoms with Gasteiger partial charge in [-0.15, -0.1) is 0 Å². The van der Waals surface area contributed by atoms with Gasteiger partial charge in [-0.3, -0.25) is 4.90 Å². The summed E-state index contributed by atoms with van der Waals surface area (Å²) in [5, 5.41) is 0.653. The molecule has 0 spiro atoms. The summed E-state index contributed by atoms with van der Waals surface area (Å²) >= 11 is 12.0. The lowest BCUT2D eigenvalue weighted by atomic mass is 10.2. The van der Waals surface area contributed by atoms with Crippen LogP contribution >= 0.6 is 23.8 Å². The molecule has 0 aliphatic carbocycles. The zero-order chi connectivity index (χ0) is 19.6. The SMILES string of the molecule is CCCN(Cn1c(=S)n(CCOC)c2ccc(Cl)cc21)C1CCS(=O)(=O)C1. The number of methoxy groups -OCH3 is 1. The predicted octanol–water partition coefficient (Wildman–Crippen LogP) is 3.33. The maximum atomic E-state index is 12.0. The number of fused-ring (bicyclic) bond motifs is 1. The molecule has 0 amide bonds. The topological polar surface area (TPSA) is 56.5 Å². The third kappa shape index (κ3) is 4.56. The highest BCUT2D eigenvalue weighted by Crippen LogP contribution is 2.25. The fourth-order valence-corrected chi connectivity index (χ4v) is 6.00. The van der Waals surface area contributed by atoms with Gasteiger partial charge in [0.1, 0.15) is 0 Å². The van der Waals surface area contributed by atoms with Crippen LogP contribution in [0.25, 0.3) is 11.0 Å². The molecule has 2 aromatic rings. The van der Waals surface area contributed by atoms with E-state index in [4.69, 9.17) is 28.6 Å². The number of hydrogen-bond donors (Lipinski definition) is 0. The van der Waals surface area contributed by atoms with Gasteiger partial charge in [0, 0.05) is 24.7 Å². The van der Waals surface area contributed by atoms with Crippen LogP contribution in [0.5, 0.6) is 0 Å². The Morgan fingerprint density at radius 1 is 1.33 bits per heavy atom. The van der Waals surface area contributed by atoms with Crippen molar-refractivity contribution in [1.29, 1.82) is 0 Å². The van der Waals surface area contributed by atoms with E-state index >= 15 is 0 Å². The van der Waals surface area contributed by atoms with E-state index < -0.39 is 9.84 Å². The maximum Gasteiger partial charge on any atom is 0.181 e. The van der Waals surface area contributed by atoms with Crippen molar-refractivity contribution in [2.24, 2.45) is 0 Å². The number of sulfone groups is 1. The van der Waals surface area contributed by atoms with Gasteiger partial charge in [-0.05, 0) is 49.8 Å². The van der Waals surface area contributed by atoms with E-state index in [1.54, 1.807) is 7.11 Å². The average molecular weight is 432 g/mol. The number of aromatic nitrogens is 2. The smallest absolute Gasteiger partial charge is 0.181 e. The highest BCUT2D eigenvalue weighted by Gasteiger charge is 2.32. The molecule has 0 radical (unpaired) electrons. The second-order valence-corrected chi connectivity index (χ2v) is 10.0. The Morgan fingerprint density at radius 3 is 2.74 bits per heavy atom. The molecule has 6 nitrogen and oxygen atoms in total. The quantitative estimate of drug-likeness (QED) is 0.600. The lowest BCUT2D eigenvalue weighted by Gasteiger charge is -2.28. The monoisotopic (exact) mass is 431 g/mol. The molecule has 3 rings (SSSR count). The average Bonchev–Trinajstić information content (AvgIpc) is 3.10. The van der Waals surface area contributed by atoms with Gasteiger partial charge in [0.05, 0.1) is 35.8 Å². The van der Waals surface area contributed by atoms with Crippen molar-refractivity contribution in [3.05, 3.63) is 28.0 Å². The van der Waals surface area contributed by atoms with Gasteiger partial charge < -0.3 is 13.9 Å². The molecular weight excluding hydrogens is 406 g/mol. The molecule has 0 N–H and O–H groups in total. The number of hydrogen-bond acceptors (Lipinski definition) is 5. The molecule has 1 unspecified atom stereocenters. The van der Waals surface area contributed by atoms with E-state index in [2.05, 4.69) is 21.0 Å². The first kappa shape index (κ1) is 20.8. The molecule has 2 heterocycles. The molecule has 1 saturated heterocycles. The van der Waals surface area contributed by atoms with Gasteiger partial charge in [0.15, 0.2) is 14.6 Å². The lowest BCUT2D eigenvalue weighted by Crippen LogP contribution is -2.38. The highest BCUT2D eigenvalue weighted by molar-refractivity contribution is 7.91. The highest BCUT2D eigenvalue weighted by atomic mass is 35.5. The van der Waals surface area contributed by atoms with Crippen LogP contribution in [0.2, 0.25) is 5.02 Å². The fraction of sp³-hybridized carbons (Fsp3) is 0.611. The third-order valence-electron chi connectivity index (χ3n) is 5.06. The summed E-state index contributed by atoms with van der Waals surface area (Å²) in [5.41, 5.74) is 1.97. The summed E-state index contributed by atoms with van der Waals surface area (Å²) in [6.07, 6.45) is 1.63. The minimum atomic E-state index is -2.94. The lowest BCUT2D eigenvalue weighted by molar-refractivity contribution is 0.164. The van der Waals surface area contributed by atoms with Gasteiger partial charge in [0.2, 0.25) is 0 Å². The first-order valence-electron chi connectivity index (χ1n) is 9.18. The first-order chi connectivity index (χ1) is 12.9. The van der Waals surface area contributed by atoms with Crippen LogP contribution in [0, 0.1) is 4.77 Å². The summed E-state index contributed by atoms with van der Waals surface area (Å²) in [4.78, 5) is 2.24. The Bertz CT molecular complexity index is 968. The molecule has 0 bridgehead atoms. The van der Waals surface area contributed by atoms with Crippen molar-refractivity contribution >= 4 is 44.7 Å². The van der Waals surface area contributed by atoms with E-state index in [9.17, 15) is 8.42 Å². The Balaban J connectivity index is 2.00. The molecule has 150 valence electrons. The van der Waals surface area contributed by atoms with Gasteiger partial charge in [-0.2, -0.15) is 0 Å². The number of rotatable bonds is 8. The van der Waals surface area contributed by atoms with Crippen LogP contribution in [-0.4, -0.2) is 60.3 Å². The number of ether oxygens (including phenoxy) is 1. The molecule has 1 aromatic carbocycles. The van der Waals surface area contributed by atoms with Crippen LogP contribution in [0.4, 0.5) is 0 Å². The van der Waals surface area contributed by atoms with Gasteiger partial charge in [-0.25, -0.2) is 8.42 Å². The van der Waals surface area contributed by atoms with E-state index in [0.717, 1.165) is 24.0 Å². The Kier molecular flexibility index (Phi) is 6.63. The van der Waals surface area contributed by atoms with Crippen molar-refractivity contribution < 1.29 is 13.2 Å². The van der Waals surface area contributed by atoms with Gasteiger partial charge in [0.25, 0.3) is 0 Å². The zero-order valence-corrected chi connectivity index (χ0v) is 18.1. The molecular formula is C18H26ClN3O3S2. The number of halogens is 1. The number of imidazole rings is 1. The Labute approximate surface area is 170 Å². The standard InChI is InChI=1S/C18H26ClN3O3S2/c1-3-7-20(15-6-10-27(23,24)12-15)13-22-17-11-14(19)4-5-16(17)21(18(22)26)8-9-25-2/h4-5,11,15H,3,6-10,12-13H2,1-2H3. The van der Waals surface area contributed by atoms with Crippen LogP contribution in [-0.2, 0) is 27.8 Å². The predicted molar refractivity (Wildman–Crippen MR) is 112 cm³/mol. The molecule has 9 heteroatoms.